The lowest BCUT2D eigenvalue weighted by molar-refractivity contribution is -0.139. The van der Waals surface area contributed by atoms with Crippen LogP contribution >= 0.6 is 0 Å². The van der Waals surface area contributed by atoms with Gasteiger partial charge in [0.2, 0.25) is 5.91 Å². The Bertz CT molecular complexity index is 740. The molecule has 1 unspecified atom stereocenters. The van der Waals surface area contributed by atoms with Crippen molar-refractivity contribution in [3.8, 4) is 0 Å². The Kier molecular flexibility index (Phi) is 8.43. The Morgan fingerprint density at radius 1 is 1.26 bits per heavy atom. The van der Waals surface area contributed by atoms with Gasteiger partial charge in [0.1, 0.15) is 6.10 Å². The largest absolute Gasteiger partial charge is 0.381 e. The van der Waals surface area contributed by atoms with E-state index < -0.39 is 11.6 Å². The number of nitrogens with one attached hydrogen (secondary N) is 2. The predicted octanol–water partition coefficient (Wildman–Crippen LogP) is 1.85. The number of aryl methyl sites for hydroxylation is 1. The van der Waals surface area contributed by atoms with Gasteiger partial charge in [-0.3, -0.25) is 9.59 Å². The minimum Gasteiger partial charge on any atom is -0.381 e. The molecule has 9 nitrogen and oxygen atoms in total. The van der Waals surface area contributed by atoms with Gasteiger partial charge in [-0.15, -0.1) is 5.10 Å². The summed E-state index contributed by atoms with van der Waals surface area (Å²) in [5.74, 6) is -0.137. The maximum absolute atomic E-state index is 13.0. The van der Waals surface area contributed by atoms with Gasteiger partial charge in [-0.25, -0.2) is 4.68 Å². The van der Waals surface area contributed by atoms with Crippen LogP contribution in [0.4, 0.5) is 0 Å². The van der Waals surface area contributed by atoms with E-state index in [2.05, 4.69) is 27.9 Å². The van der Waals surface area contributed by atoms with Crippen LogP contribution in [0.25, 0.3) is 0 Å². The molecule has 0 radical (unpaired) electrons. The molecule has 1 aliphatic carbocycles. The van der Waals surface area contributed by atoms with Crippen LogP contribution in [0.15, 0.2) is 0 Å². The van der Waals surface area contributed by atoms with Crippen LogP contribution in [0.5, 0.6) is 0 Å². The summed E-state index contributed by atoms with van der Waals surface area (Å²) in [6.45, 7) is 8.88. The highest BCUT2D eigenvalue weighted by Crippen LogP contribution is 2.32. The molecule has 0 bridgehead atoms. The molecule has 1 saturated heterocycles. The monoisotopic (exact) mass is 435 g/mol. The van der Waals surface area contributed by atoms with E-state index in [9.17, 15) is 9.59 Å². The average Bonchev–Trinajstić information content (AvgIpc) is 3.17. The van der Waals surface area contributed by atoms with Crippen molar-refractivity contribution in [1.29, 1.82) is 0 Å². The first-order chi connectivity index (χ1) is 15.0. The van der Waals surface area contributed by atoms with Gasteiger partial charge < -0.3 is 20.1 Å². The first-order valence-electron chi connectivity index (χ1n) is 11.8. The first-order valence-corrected chi connectivity index (χ1v) is 11.8. The molecule has 1 saturated carbocycles. The number of carbonyl (C=O) groups excluding carboxylic acids is 2. The third kappa shape index (κ3) is 5.63. The fourth-order valence-electron chi connectivity index (χ4n) is 4.48. The molecule has 1 aromatic heterocycles. The first kappa shape index (κ1) is 23.7. The zero-order chi connectivity index (χ0) is 22.3. The Labute approximate surface area is 184 Å². The van der Waals surface area contributed by atoms with E-state index in [1.54, 1.807) is 4.68 Å². The van der Waals surface area contributed by atoms with Crippen molar-refractivity contribution in [3.05, 3.63) is 11.4 Å². The minimum absolute atomic E-state index is 0.0992. The molecule has 174 valence electrons. The van der Waals surface area contributed by atoms with E-state index in [1.807, 2.05) is 13.8 Å². The fourth-order valence-corrected chi connectivity index (χ4v) is 4.48. The zero-order valence-corrected chi connectivity index (χ0v) is 19.1. The van der Waals surface area contributed by atoms with Crippen LogP contribution in [-0.2, 0) is 27.2 Å². The van der Waals surface area contributed by atoms with Crippen LogP contribution in [-0.4, -0.2) is 64.8 Å². The van der Waals surface area contributed by atoms with Crippen LogP contribution < -0.4 is 10.6 Å². The lowest BCUT2D eigenvalue weighted by atomic mass is 9.76. The summed E-state index contributed by atoms with van der Waals surface area (Å²) in [6, 6.07) is 0. The molecule has 1 aromatic rings. The number of hydrogen-bond acceptors (Lipinski definition) is 6. The lowest BCUT2D eigenvalue weighted by Gasteiger charge is -2.43. The zero-order valence-electron chi connectivity index (χ0n) is 19.1. The number of hydrogen-bond donors (Lipinski definition) is 2. The maximum Gasteiger partial charge on any atom is 0.274 e. The number of nitrogens with zero attached hydrogens (tertiary/aromatic N) is 3. The molecule has 2 aliphatic rings. The molecule has 2 N–H and O–H groups in total. The van der Waals surface area contributed by atoms with Crippen molar-refractivity contribution < 1.29 is 19.1 Å². The van der Waals surface area contributed by atoms with E-state index in [0.29, 0.717) is 38.6 Å². The van der Waals surface area contributed by atoms with Crippen molar-refractivity contribution in [2.24, 2.45) is 5.92 Å². The molecule has 9 heteroatoms. The molecule has 2 heterocycles. The number of aromatic nitrogens is 3. The van der Waals surface area contributed by atoms with E-state index >= 15 is 0 Å². The molecule has 1 atom stereocenters. The second kappa shape index (κ2) is 11.0. The van der Waals surface area contributed by atoms with Crippen molar-refractivity contribution in [3.63, 3.8) is 0 Å². The van der Waals surface area contributed by atoms with Crippen LogP contribution in [0.3, 0.4) is 0 Å². The minimum atomic E-state index is -0.470. The SMILES string of the molecule is CCCc1c(C(=O)NC2(CNC(=O)C(OCC)C3CCOCC3)CCC2)nnn1CC. The highest BCUT2D eigenvalue weighted by molar-refractivity contribution is 5.94. The fraction of sp³-hybridized carbons (Fsp3) is 0.818. The van der Waals surface area contributed by atoms with Gasteiger partial charge in [0.05, 0.1) is 11.2 Å². The normalized spacial score (nSPS) is 19.5. The molecule has 0 aromatic carbocycles. The van der Waals surface area contributed by atoms with E-state index in [1.165, 1.54) is 0 Å². The predicted molar refractivity (Wildman–Crippen MR) is 116 cm³/mol. The molecule has 2 amide bonds. The standard InChI is InChI=1S/C22H37N5O4/c1-4-8-17-18(25-26-27(17)5-2)20(28)24-22(11-7-12-22)15-23-21(29)19(31-6-3)16-9-13-30-14-10-16/h16,19H,4-15H2,1-3H3,(H,23,29)(H,24,28). The van der Waals surface area contributed by atoms with E-state index in [0.717, 1.165) is 50.6 Å². The Morgan fingerprint density at radius 3 is 2.58 bits per heavy atom. The maximum atomic E-state index is 13.0. The average molecular weight is 436 g/mol. The van der Waals surface area contributed by atoms with Gasteiger partial charge in [-0.1, -0.05) is 18.6 Å². The van der Waals surface area contributed by atoms with Crippen LogP contribution in [0.1, 0.15) is 75.5 Å². The van der Waals surface area contributed by atoms with Gasteiger partial charge in [0, 0.05) is 32.9 Å². The summed E-state index contributed by atoms with van der Waals surface area (Å²) in [5, 5.41) is 14.5. The van der Waals surface area contributed by atoms with Gasteiger partial charge in [-0.2, -0.15) is 0 Å². The summed E-state index contributed by atoms with van der Waals surface area (Å²) in [4.78, 5) is 26.0. The van der Waals surface area contributed by atoms with Crippen molar-refractivity contribution >= 4 is 11.8 Å². The summed E-state index contributed by atoms with van der Waals surface area (Å²) >= 11 is 0. The topological polar surface area (TPSA) is 107 Å². The highest BCUT2D eigenvalue weighted by Gasteiger charge is 2.41. The number of rotatable bonds is 11. The third-order valence-corrected chi connectivity index (χ3v) is 6.43. The molecular formula is C22H37N5O4. The molecule has 0 spiro atoms. The smallest absolute Gasteiger partial charge is 0.274 e. The highest BCUT2D eigenvalue weighted by atomic mass is 16.5. The van der Waals surface area contributed by atoms with Crippen molar-refractivity contribution in [1.82, 2.24) is 25.6 Å². The van der Waals surface area contributed by atoms with Crippen LogP contribution in [0, 0.1) is 5.92 Å². The summed E-state index contributed by atoms with van der Waals surface area (Å²) < 4.78 is 13.0. The van der Waals surface area contributed by atoms with Gasteiger partial charge >= 0.3 is 0 Å². The quantitative estimate of drug-likeness (QED) is 0.549. The number of carbonyl (C=O) groups is 2. The van der Waals surface area contributed by atoms with E-state index in [4.69, 9.17) is 9.47 Å². The van der Waals surface area contributed by atoms with Gasteiger partial charge in [0.25, 0.3) is 5.91 Å². The lowest BCUT2D eigenvalue weighted by Crippen LogP contribution is -2.61. The molecule has 3 rings (SSSR count). The van der Waals surface area contributed by atoms with E-state index in [-0.39, 0.29) is 17.7 Å². The van der Waals surface area contributed by atoms with Gasteiger partial charge in [0.15, 0.2) is 5.69 Å². The van der Waals surface area contributed by atoms with Crippen molar-refractivity contribution in [2.75, 3.05) is 26.4 Å². The van der Waals surface area contributed by atoms with Gasteiger partial charge in [-0.05, 0) is 58.3 Å². The molecule has 1 aliphatic heterocycles. The number of amides is 2. The Balaban J connectivity index is 1.62. The molecule has 31 heavy (non-hydrogen) atoms. The number of ether oxygens (including phenoxy) is 2. The second-order valence-corrected chi connectivity index (χ2v) is 8.58. The molecule has 2 fully saturated rings. The Hall–Kier alpha value is -2.00. The second-order valence-electron chi connectivity index (χ2n) is 8.58. The summed E-state index contributed by atoms with van der Waals surface area (Å²) in [6.07, 6.45) is 5.55. The molecular weight excluding hydrogens is 398 g/mol. The van der Waals surface area contributed by atoms with Crippen LogP contribution in [0.2, 0.25) is 0 Å². The summed E-state index contributed by atoms with van der Waals surface area (Å²) in [7, 11) is 0. The van der Waals surface area contributed by atoms with Crippen molar-refractivity contribution in [2.45, 2.75) is 83.9 Å². The third-order valence-electron chi connectivity index (χ3n) is 6.43. The Morgan fingerprint density at radius 2 is 2.00 bits per heavy atom. The summed E-state index contributed by atoms with van der Waals surface area (Å²) in [5.41, 5.74) is 0.839.